The maximum Gasteiger partial charge on any atom is 0.219 e. The Kier molecular flexibility index (Phi) is 4.04. The first-order valence-corrected chi connectivity index (χ1v) is 7.09. The normalized spacial score (nSPS) is 11.4. The molecular weight excluding hydrogens is 258 g/mol. The van der Waals surface area contributed by atoms with Crippen molar-refractivity contribution in [1.29, 1.82) is 0 Å². The topological polar surface area (TPSA) is 47.0 Å². The smallest absolute Gasteiger partial charge is 0.219 e. The maximum absolute atomic E-state index is 5.75. The minimum atomic E-state index is -0.103. The van der Waals surface area contributed by atoms with Gasteiger partial charge in [0, 0.05) is 23.4 Å². The van der Waals surface area contributed by atoms with Crippen molar-refractivity contribution in [3.63, 3.8) is 0 Å². The first kappa shape index (κ1) is 13.8. The molecule has 0 aliphatic heterocycles. The van der Waals surface area contributed by atoms with Crippen LogP contribution < -0.4 is 10.1 Å². The number of thiophene rings is 1. The first-order valence-electron chi connectivity index (χ1n) is 6.21. The summed E-state index contributed by atoms with van der Waals surface area (Å²) in [6.45, 7) is 6.81. The second-order valence-corrected chi connectivity index (χ2v) is 6.32. The van der Waals surface area contributed by atoms with Crippen molar-refractivity contribution in [2.75, 3.05) is 12.4 Å². The Morgan fingerprint density at radius 1 is 1.32 bits per heavy atom. The summed E-state index contributed by atoms with van der Waals surface area (Å²) < 4.78 is 5.75. The van der Waals surface area contributed by atoms with Gasteiger partial charge in [0.05, 0.1) is 0 Å². The molecule has 0 aliphatic carbocycles. The Morgan fingerprint density at radius 3 is 2.68 bits per heavy atom. The van der Waals surface area contributed by atoms with Crippen LogP contribution in [-0.2, 0) is 12.0 Å². The zero-order chi connectivity index (χ0) is 13.9. The summed E-state index contributed by atoms with van der Waals surface area (Å²) in [4.78, 5) is 10.1. The first-order chi connectivity index (χ1) is 8.99. The van der Waals surface area contributed by atoms with Gasteiger partial charge in [0.25, 0.3) is 0 Å². The van der Waals surface area contributed by atoms with Gasteiger partial charge in [-0.25, -0.2) is 4.98 Å². The third-order valence-corrected chi connectivity index (χ3v) is 3.42. The van der Waals surface area contributed by atoms with Crippen LogP contribution in [0.2, 0.25) is 0 Å². The Bertz CT molecular complexity index is 532. The molecule has 0 atom stereocenters. The molecule has 0 spiro atoms. The lowest BCUT2D eigenvalue weighted by atomic mass is 9.96. The van der Waals surface area contributed by atoms with E-state index in [1.54, 1.807) is 11.3 Å². The van der Waals surface area contributed by atoms with Gasteiger partial charge in [0.2, 0.25) is 5.88 Å². The Labute approximate surface area is 117 Å². The highest BCUT2D eigenvalue weighted by atomic mass is 32.1. The van der Waals surface area contributed by atoms with Crippen molar-refractivity contribution in [2.45, 2.75) is 32.8 Å². The average molecular weight is 277 g/mol. The van der Waals surface area contributed by atoms with Crippen LogP contribution in [0.1, 0.15) is 31.5 Å². The predicted octanol–water partition coefficient (Wildman–Crippen LogP) is 3.46. The van der Waals surface area contributed by atoms with E-state index in [4.69, 9.17) is 4.74 Å². The molecule has 102 valence electrons. The molecule has 0 aromatic carbocycles. The van der Waals surface area contributed by atoms with Crippen LogP contribution in [0.3, 0.4) is 0 Å². The van der Waals surface area contributed by atoms with Crippen LogP contribution in [0, 0.1) is 0 Å². The molecule has 5 heteroatoms. The molecule has 2 aromatic rings. The molecule has 0 aliphatic rings. The number of hydrogen-bond donors (Lipinski definition) is 1. The molecule has 1 N–H and O–H groups in total. The Morgan fingerprint density at radius 2 is 2.11 bits per heavy atom. The van der Waals surface area contributed by atoms with Gasteiger partial charge >= 0.3 is 0 Å². The van der Waals surface area contributed by atoms with Gasteiger partial charge in [-0.1, -0.05) is 26.8 Å². The zero-order valence-electron chi connectivity index (χ0n) is 11.7. The predicted molar refractivity (Wildman–Crippen MR) is 78.9 cm³/mol. The summed E-state index contributed by atoms with van der Waals surface area (Å²) in [5.41, 5.74) is -0.103. The number of nitrogens with zero attached hydrogens (tertiary/aromatic N) is 2. The van der Waals surface area contributed by atoms with E-state index in [-0.39, 0.29) is 5.41 Å². The molecule has 0 saturated carbocycles. The molecule has 0 bridgehead atoms. The number of rotatable bonds is 4. The molecule has 0 unspecified atom stereocenters. The molecule has 0 radical (unpaired) electrons. The molecule has 0 saturated heterocycles. The summed E-state index contributed by atoms with van der Waals surface area (Å²) in [6, 6.07) is 5.89. The average Bonchev–Trinajstić information content (AvgIpc) is 2.88. The lowest BCUT2D eigenvalue weighted by Gasteiger charge is -2.18. The fourth-order valence-corrected chi connectivity index (χ4v) is 2.12. The minimum absolute atomic E-state index is 0.103. The van der Waals surface area contributed by atoms with E-state index in [1.165, 1.54) is 4.88 Å². The van der Waals surface area contributed by atoms with Gasteiger partial charge in [0.1, 0.15) is 18.2 Å². The fraction of sp³-hybridized carbons (Fsp3) is 0.429. The second kappa shape index (κ2) is 5.57. The summed E-state index contributed by atoms with van der Waals surface area (Å²) in [5.74, 6) is 2.17. The monoisotopic (exact) mass is 277 g/mol. The lowest BCUT2D eigenvalue weighted by Crippen LogP contribution is -2.17. The van der Waals surface area contributed by atoms with Crippen LogP contribution in [0.4, 0.5) is 5.82 Å². The maximum atomic E-state index is 5.75. The van der Waals surface area contributed by atoms with Crippen molar-refractivity contribution < 1.29 is 4.74 Å². The minimum Gasteiger partial charge on any atom is -0.472 e. The number of ether oxygens (including phenoxy) is 1. The highest BCUT2D eigenvalue weighted by molar-refractivity contribution is 7.09. The van der Waals surface area contributed by atoms with E-state index >= 15 is 0 Å². The zero-order valence-corrected chi connectivity index (χ0v) is 12.5. The van der Waals surface area contributed by atoms with Gasteiger partial charge in [-0.2, -0.15) is 4.98 Å². The van der Waals surface area contributed by atoms with E-state index in [9.17, 15) is 0 Å². The third kappa shape index (κ3) is 3.67. The van der Waals surface area contributed by atoms with E-state index in [2.05, 4.69) is 42.1 Å². The van der Waals surface area contributed by atoms with Crippen molar-refractivity contribution in [1.82, 2.24) is 9.97 Å². The van der Waals surface area contributed by atoms with Gasteiger partial charge in [-0.15, -0.1) is 11.3 Å². The summed E-state index contributed by atoms with van der Waals surface area (Å²) in [5, 5.41) is 5.08. The SMILES string of the molecule is CNc1cc(OCc2cccs2)nc(C(C)(C)C)n1. The number of anilines is 1. The molecule has 2 aromatic heterocycles. The Balaban J connectivity index is 2.19. The standard InChI is InChI=1S/C14H19N3OS/c1-14(2,3)13-16-11(15-4)8-12(17-13)18-9-10-6-5-7-19-10/h5-8H,9H2,1-4H3,(H,15,16,17). The Hall–Kier alpha value is -1.62. The van der Waals surface area contributed by atoms with Crippen LogP contribution >= 0.6 is 11.3 Å². The van der Waals surface area contributed by atoms with E-state index in [0.29, 0.717) is 12.5 Å². The van der Waals surface area contributed by atoms with E-state index < -0.39 is 0 Å². The summed E-state index contributed by atoms with van der Waals surface area (Å²) in [7, 11) is 1.85. The van der Waals surface area contributed by atoms with Crippen molar-refractivity contribution in [3.05, 3.63) is 34.3 Å². The molecule has 2 rings (SSSR count). The second-order valence-electron chi connectivity index (χ2n) is 5.28. The van der Waals surface area contributed by atoms with Crippen LogP contribution in [0.15, 0.2) is 23.6 Å². The molecule has 2 heterocycles. The van der Waals surface area contributed by atoms with E-state index in [1.807, 2.05) is 24.6 Å². The number of hydrogen-bond acceptors (Lipinski definition) is 5. The molecule has 4 nitrogen and oxygen atoms in total. The quantitative estimate of drug-likeness (QED) is 0.929. The highest BCUT2D eigenvalue weighted by Crippen LogP contribution is 2.23. The lowest BCUT2D eigenvalue weighted by molar-refractivity contribution is 0.293. The number of nitrogens with one attached hydrogen (secondary N) is 1. The van der Waals surface area contributed by atoms with Crippen LogP contribution in [-0.4, -0.2) is 17.0 Å². The number of aromatic nitrogens is 2. The van der Waals surface area contributed by atoms with Crippen molar-refractivity contribution in [2.24, 2.45) is 0 Å². The van der Waals surface area contributed by atoms with Gasteiger partial charge < -0.3 is 10.1 Å². The van der Waals surface area contributed by atoms with Crippen LogP contribution in [0.25, 0.3) is 0 Å². The fourth-order valence-electron chi connectivity index (χ4n) is 1.50. The van der Waals surface area contributed by atoms with Gasteiger partial charge in [-0.3, -0.25) is 0 Å². The highest BCUT2D eigenvalue weighted by Gasteiger charge is 2.19. The molecule has 0 fully saturated rings. The van der Waals surface area contributed by atoms with Crippen molar-refractivity contribution >= 4 is 17.2 Å². The largest absolute Gasteiger partial charge is 0.472 e. The summed E-state index contributed by atoms with van der Waals surface area (Å²) >= 11 is 1.68. The summed E-state index contributed by atoms with van der Waals surface area (Å²) in [6.07, 6.45) is 0. The molecular formula is C14H19N3OS. The van der Waals surface area contributed by atoms with Gasteiger partial charge in [-0.05, 0) is 11.4 Å². The van der Waals surface area contributed by atoms with Crippen LogP contribution in [0.5, 0.6) is 5.88 Å². The molecule has 19 heavy (non-hydrogen) atoms. The third-order valence-electron chi connectivity index (χ3n) is 2.57. The van der Waals surface area contributed by atoms with Gasteiger partial charge in [0.15, 0.2) is 0 Å². The van der Waals surface area contributed by atoms with Crippen molar-refractivity contribution in [3.8, 4) is 5.88 Å². The van der Waals surface area contributed by atoms with E-state index in [0.717, 1.165) is 11.6 Å². The molecule has 0 amide bonds.